The quantitative estimate of drug-likeness (QED) is 0.664. The Morgan fingerprint density at radius 1 is 1.15 bits per heavy atom. The Hall–Kier alpha value is -3.15. The fourth-order valence-corrected chi connectivity index (χ4v) is 2.58. The first kappa shape index (κ1) is 17.7. The van der Waals surface area contributed by atoms with Crippen molar-refractivity contribution >= 4 is 5.91 Å². The van der Waals surface area contributed by atoms with E-state index < -0.39 is 0 Å². The molecule has 3 aromatic rings. The summed E-state index contributed by atoms with van der Waals surface area (Å²) in [6.07, 6.45) is 3.34. The van der Waals surface area contributed by atoms with Gasteiger partial charge in [-0.05, 0) is 25.8 Å². The highest BCUT2D eigenvalue weighted by Gasteiger charge is 2.13. The molecular weight excluding hydrogens is 330 g/mol. The number of nitrogens with one attached hydrogen (secondary N) is 1. The first-order valence-electron chi connectivity index (χ1n) is 8.61. The largest absolute Gasteiger partial charge is 0.350 e. The molecule has 1 amide bonds. The van der Waals surface area contributed by atoms with Crippen molar-refractivity contribution in [2.45, 2.75) is 26.3 Å². The van der Waals surface area contributed by atoms with Crippen LogP contribution in [0, 0.1) is 6.92 Å². The van der Waals surface area contributed by atoms with Gasteiger partial charge in [-0.3, -0.25) is 9.59 Å². The Morgan fingerprint density at radius 3 is 2.73 bits per heavy atom. The highest BCUT2D eigenvalue weighted by Crippen LogP contribution is 2.19. The Labute approximate surface area is 151 Å². The van der Waals surface area contributed by atoms with E-state index >= 15 is 0 Å². The van der Waals surface area contributed by atoms with Crippen molar-refractivity contribution in [1.82, 2.24) is 15.0 Å². The van der Waals surface area contributed by atoms with Crippen molar-refractivity contribution in [3.63, 3.8) is 0 Å². The second-order valence-corrected chi connectivity index (χ2v) is 6.14. The van der Waals surface area contributed by atoms with Crippen LogP contribution in [0.4, 0.5) is 0 Å². The summed E-state index contributed by atoms with van der Waals surface area (Å²) in [5.41, 5.74) is 2.69. The van der Waals surface area contributed by atoms with Crippen LogP contribution >= 0.6 is 0 Å². The number of hydrogen-bond donors (Lipinski definition) is 1. The number of rotatable bonds is 7. The molecule has 2 heterocycles. The number of pyridine rings is 1. The van der Waals surface area contributed by atoms with Crippen LogP contribution < -0.4 is 10.9 Å². The van der Waals surface area contributed by atoms with Crippen LogP contribution in [0.3, 0.4) is 0 Å². The number of aromatic nitrogens is 2. The zero-order valence-electron chi connectivity index (χ0n) is 14.6. The molecule has 0 radical (unpaired) electrons. The first-order chi connectivity index (χ1) is 12.6. The van der Waals surface area contributed by atoms with Gasteiger partial charge in [0.15, 0.2) is 0 Å². The zero-order valence-corrected chi connectivity index (χ0v) is 14.6. The first-order valence-corrected chi connectivity index (χ1v) is 8.61. The second kappa shape index (κ2) is 8.29. The van der Waals surface area contributed by atoms with Crippen molar-refractivity contribution in [2.75, 3.05) is 6.54 Å². The molecule has 0 aliphatic rings. The van der Waals surface area contributed by atoms with Crippen LogP contribution in [0.2, 0.25) is 0 Å². The fraction of sp³-hybridized carbons (Fsp3) is 0.250. The minimum absolute atomic E-state index is 0.0122. The lowest BCUT2D eigenvalue weighted by Crippen LogP contribution is -2.24. The molecule has 26 heavy (non-hydrogen) atoms. The predicted octanol–water partition coefficient (Wildman–Crippen LogP) is 3.02. The number of aryl methyl sites for hydroxylation is 2. The van der Waals surface area contributed by atoms with Crippen LogP contribution in [0.1, 0.15) is 29.0 Å². The van der Waals surface area contributed by atoms with E-state index in [1.807, 2.05) is 37.3 Å². The molecule has 134 valence electrons. The van der Waals surface area contributed by atoms with Crippen molar-refractivity contribution in [1.29, 1.82) is 0 Å². The molecule has 0 unspecified atom stereocenters. The highest BCUT2D eigenvalue weighted by molar-refractivity contribution is 5.92. The van der Waals surface area contributed by atoms with Gasteiger partial charge in [0.25, 0.3) is 5.91 Å². The number of carbonyl (C=O) groups excluding carboxylic acids is 1. The van der Waals surface area contributed by atoms with E-state index in [9.17, 15) is 9.59 Å². The minimum Gasteiger partial charge on any atom is -0.350 e. The molecule has 0 bridgehead atoms. The number of benzene rings is 1. The van der Waals surface area contributed by atoms with Crippen molar-refractivity contribution < 1.29 is 9.32 Å². The van der Waals surface area contributed by atoms with Crippen molar-refractivity contribution in [3.05, 3.63) is 76.4 Å². The van der Waals surface area contributed by atoms with E-state index in [0.29, 0.717) is 18.8 Å². The molecule has 0 fully saturated rings. The lowest BCUT2D eigenvalue weighted by molar-refractivity contribution is 0.0916. The van der Waals surface area contributed by atoms with Gasteiger partial charge in [0, 0.05) is 37.0 Å². The third-order valence-electron chi connectivity index (χ3n) is 4.09. The maximum absolute atomic E-state index is 12.1. The van der Waals surface area contributed by atoms with E-state index in [0.717, 1.165) is 24.0 Å². The van der Waals surface area contributed by atoms with Crippen LogP contribution in [0.5, 0.6) is 0 Å². The number of amides is 1. The number of unbranched alkanes of at least 4 members (excludes halogenated alkanes) is 1. The van der Waals surface area contributed by atoms with Gasteiger partial charge in [-0.25, -0.2) is 0 Å². The lowest BCUT2D eigenvalue weighted by Gasteiger charge is -2.05. The Morgan fingerprint density at radius 2 is 1.96 bits per heavy atom. The summed E-state index contributed by atoms with van der Waals surface area (Å²) >= 11 is 0. The zero-order chi connectivity index (χ0) is 18.4. The summed E-state index contributed by atoms with van der Waals surface area (Å²) in [6.45, 7) is 3.16. The minimum atomic E-state index is -0.285. The average Bonchev–Trinajstić information content (AvgIpc) is 3.13. The molecule has 0 atom stereocenters. The standard InChI is InChI=1S/C20H21N3O3/c1-15-7-9-16(10-8-15)17-14-18(26-22-17)20(25)21-11-3-5-13-23-12-4-2-6-19(23)24/h2,4,6-10,12,14H,3,5,11,13H2,1H3,(H,21,25). The normalized spacial score (nSPS) is 10.7. The van der Waals surface area contributed by atoms with E-state index in [1.165, 1.54) is 6.07 Å². The summed E-state index contributed by atoms with van der Waals surface area (Å²) in [5, 5.41) is 6.77. The monoisotopic (exact) mass is 351 g/mol. The summed E-state index contributed by atoms with van der Waals surface area (Å²) in [4.78, 5) is 23.7. The number of nitrogens with zero attached hydrogens (tertiary/aromatic N) is 2. The maximum Gasteiger partial charge on any atom is 0.289 e. The lowest BCUT2D eigenvalue weighted by atomic mass is 10.1. The molecule has 2 aromatic heterocycles. The van der Waals surface area contributed by atoms with Crippen LogP contribution in [-0.4, -0.2) is 22.2 Å². The highest BCUT2D eigenvalue weighted by atomic mass is 16.5. The summed E-state index contributed by atoms with van der Waals surface area (Å²) in [7, 11) is 0. The van der Waals surface area contributed by atoms with Crippen LogP contribution in [0.25, 0.3) is 11.3 Å². The van der Waals surface area contributed by atoms with Gasteiger partial charge in [-0.15, -0.1) is 0 Å². The molecular formula is C20H21N3O3. The molecule has 1 aromatic carbocycles. The van der Waals surface area contributed by atoms with E-state index in [1.54, 1.807) is 22.9 Å². The third kappa shape index (κ3) is 4.47. The molecule has 0 aliphatic heterocycles. The van der Waals surface area contributed by atoms with Gasteiger partial charge in [-0.1, -0.05) is 41.1 Å². The van der Waals surface area contributed by atoms with Crippen LogP contribution in [0.15, 0.2) is 64.0 Å². The third-order valence-corrected chi connectivity index (χ3v) is 4.09. The average molecular weight is 351 g/mol. The van der Waals surface area contributed by atoms with Gasteiger partial charge in [0.2, 0.25) is 11.3 Å². The molecule has 0 saturated carbocycles. The van der Waals surface area contributed by atoms with Gasteiger partial charge in [0.1, 0.15) is 5.69 Å². The smallest absolute Gasteiger partial charge is 0.289 e. The van der Waals surface area contributed by atoms with Gasteiger partial charge >= 0.3 is 0 Å². The van der Waals surface area contributed by atoms with E-state index in [-0.39, 0.29) is 17.2 Å². The Balaban J connectivity index is 1.46. The van der Waals surface area contributed by atoms with E-state index in [4.69, 9.17) is 4.52 Å². The molecule has 0 saturated heterocycles. The fourth-order valence-electron chi connectivity index (χ4n) is 2.58. The van der Waals surface area contributed by atoms with Crippen molar-refractivity contribution in [2.24, 2.45) is 0 Å². The maximum atomic E-state index is 12.1. The van der Waals surface area contributed by atoms with Gasteiger partial charge in [0.05, 0.1) is 0 Å². The Bertz CT molecular complexity index is 926. The summed E-state index contributed by atoms with van der Waals surface area (Å²) in [6, 6.07) is 14.6. The topological polar surface area (TPSA) is 77.1 Å². The van der Waals surface area contributed by atoms with Crippen molar-refractivity contribution in [3.8, 4) is 11.3 Å². The summed E-state index contributed by atoms with van der Waals surface area (Å²) < 4.78 is 6.80. The molecule has 1 N–H and O–H groups in total. The molecule has 6 nitrogen and oxygen atoms in total. The molecule has 3 rings (SSSR count). The van der Waals surface area contributed by atoms with Crippen LogP contribution in [-0.2, 0) is 6.54 Å². The molecule has 0 spiro atoms. The van der Waals surface area contributed by atoms with Gasteiger partial charge in [-0.2, -0.15) is 0 Å². The second-order valence-electron chi connectivity index (χ2n) is 6.14. The SMILES string of the molecule is Cc1ccc(-c2cc(C(=O)NCCCCn3ccccc3=O)on2)cc1. The van der Waals surface area contributed by atoms with Gasteiger partial charge < -0.3 is 14.4 Å². The molecule has 6 heteroatoms. The number of carbonyl (C=O) groups is 1. The number of hydrogen-bond acceptors (Lipinski definition) is 4. The Kier molecular flexibility index (Phi) is 5.63. The summed E-state index contributed by atoms with van der Waals surface area (Å²) in [5.74, 6) is -0.0902. The molecule has 0 aliphatic carbocycles. The van der Waals surface area contributed by atoms with E-state index in [2.05, 4.69) is 10.5 Å². The predicted molar refractivity (Wildman–Crippen MR) is 98.9 cm³/mol.